The standard InChI is InChI=1S/C17H17NO3/c1-4-20-17(19)14-11(3)18-8-12-9-21-16-10(2)6-5-7-13(16)15(12)14/h5-8H,4,9H2,1-3H3. The number of ether oxygens (including phenoxy) is 2. The van der Waals surface area contributed by atoms with Crippen LogP contribution in [0, 0.1) is 13.8 Å². The number of pyridine rings is 1. The predicted molar refractivity (Wildman–Crippen MR) is 79.4 cm³/mol. The van der Waals surface area contributed by atoms with Gasteiger partial charge in [0, 0.05) is 22.9 Å². The average Bonchev–Trinajstić information content (AvgIpc) is 2.47. The van der Waals surface area contributed by atoms with Crippen LogP contribution in [0.15, 0.2) is 24.4 Å². The van der Waals surface area contributed by atoms with Crippen molar-refractivity contribution in [3.05, 3.63) is 46.8 Å². The lowest BCUT2D eigenvalue weighted by Crippen LogP contribution is -2.16. The van der Waals surface area contributed by atoms with Gasteiger partial charge in [0.15, 0.2) is 0 Å². The van der Waals surface area contributed by atoms with Crippen LogP contribution in [0.3, 0.4) is 0 Å². The molecule has 0 amide bonds. The third-order valence-corrected chi connectivity index (χ3v) is 3.68. The quantitative estimate of drug-likeness (QED) is 0.792. The minimum Gasteiger partial charge on any atom is -0.488 e. The molecule has 1 aromatic heterocycles. The molecule has 0 bridgehead atoms. The molecule has 0 unspecified atom stereocenters. The summed E-state index contributed by atoms with van der Waals surface area (Å²) in [6, 6.07) is 5.95. The molecule has 1 aliphatic heterocycles. The van der Waals surface area contributed by atoms with E-state index >= 15 is 0 Å². The number of esters is 1. The number of hydrogen-bond donors (Lipinski definition) is 0. The van der Waals surface area contributed by atoms with Crippen molar-refractivity contribution in [1.82, 2.24) is 4.98 Å². The Morgan fingerprint density at radius 1 is 1.38 bits per heavy atom. The van der Waals surface area contributed by atoms with Crippen LogP contribution >= 0.6 is 0 Å². The number of aromatic nitrogens is 1. The Hall–Kier alpha value is -2.36. The van der Waals surface area contributed by atoms with Gasteiger partial charge in [-0.1, -0.05) is 18.2 Å². The molecule has 0 spiro atoms. The largest absolute Gasteiger partial charge is 0.488 e. The molecular weight excluding hydrogens is 266 g/mol. The zero-order chi connectivity index (χ0) is 15.0. The summed E-state index contributed by atoms with van der Waals surface area (Å²) in [5, 5.41) is 0. The fourth-order valence-corrected chi connectivity index (χ4v) is 2.71. The second-order valence-electron chi connectivity index (χ2n) is 5.08. The number of fused-ring (bicyclic) bond motifs is 3. The molecule has 108 valence electrons. The van der Waals surface area contributed by atoms with E-state index in [1.807, 2.05) is 32.0 Å². The molecule has 0 N–H and O–H groups in total. The first-order chi connectivity index (χ1) is 10.1. The van der Waals surface area contributed by atoms with E-state index in [2.05, 4.69) is 4.98 Å². The third kappa shape index (κ3) is 2.17. The lowest BCUT2D eigenvalue weighted by atomic mass is 9.91. The number of rotatable bonds is 2. The predicted octanol–water partition coefficient (Wildman–Crippen LogP) is 3.43. The van der Waals surface area contributed by atoms with Crippen LogP contribution in [0.25, 0.3) is 11.1 Å². The molecule has 0 fully saturated rings. The van der Waals surface area contributed by atoms with Gasteiger partial charge in [-0.3, -0.25) is 4.98 Å². The molecule has 0 atom stereocenters. The van der Waals surface area contributed by atoms with E-state index in [0.29, 0.717) is 24.5 Å². The first kappa shape index (κ1) is 13.6. The topological polar surface area (TPSA) is 48.4 Å². The zero-order valence-electron chi connectivity index (χ0n) is 12.4. The summed E-state index contributed by atoms with van der Waals surface area (Å²) in [5.41, 5.74) is 5.03. The lowest BCUT2D eigenvalue weighted by molar-refractivity contribution is 0.0525. The summed E-state index contributed by atoms with van der Waals surface area (Å²) in [5.74, 6) is 0.509. The first-order valence-corrected chi connectivity index (χ1v) is 7.01. The minimum absolute atomic E-state index is 0.325. The van der Waals surface area contributed by atoms with Gasteiger partial charge >= 0.3 is 5.97 Å². The Labute approximate surface area is 123 Å². The number of nitrogens with zero attached hydrogens (tertiary/aromatic N) is 1. The fraction of sp³-hybridized carbons (Fsp3) is 0.294. The van der Waals surface area contributed by atoms with Crippen molar-refractivity contribution < 1.29 is 14.3 Å². The molecule has 2 aromatic rings. The van der Waals surface area contributed by atoms with Gasteiger partial charge in [-0.05, 0) is 26.3 Å². The van der Waals surface area contributed by atoms with E-state index in [-0.39, 0.29) is 5.97 Å². The van der Waals surface area contributed by atoms with E-state index in [0.717, 1.165) is 28.0 Å². The van der Waals surface area contributed by atoms with E-state index in [4.69, 9.17) is 9.47 Å². The number of carbonyl (C=O) groups is 1. The number of aryl methyl sites for hydroxylation is 2. The summed E-state index contributed by atoms with van der Waals surface area (Å²) >= 11 is 0. The second kappa shape index (κ2) is 5.20. The minimum atomic E-state index is -0.325. The molecule has 1 aliphatic rings. The lowest BCUT2D eigenvalue weighted by Gasteiger charge is -2.24. The molecule has 4 nitrogen and oxygen atoms in total. The Morgan fingerprint density at radius 2 is 2.19 bits per heavy atom. The van der Waals surface area contributed by atoms with Crippen molar-refractivity contribution in [3.8, 4) is 16.9 Å². The van der Waals surface area contributed by atoms with Gasteiger partial charge in [0.25, 0.3) is 0 Å². The average molecular weight is 283 g/mol. The summed E-state index contributed by atoms with van der Waals surface area (Å²) < 4.78 is 11.0. The monoisotopic (exact) mass is 283 g/mol. The van der Waals surface area contributed by atoms with Crippen molar-refractivity contribution in [2.24, 2.45) is 0 Å². The Balaban J connectivity index is 2.28. The molecular formula is C17H17NO3. The van der Waals surface area contributed by atoms with Gasteiger partial charge in [-0.2, -0.15) is 0 Å². The normalized spacial score (nSPS) is 12.1. The number of benzene rings is 1. The van der Waals surface area contributed by atoms with Crippen LogP contribution in [0.5, 0.6) is 5.75 Å². The maximum Gasteiger partial charge on any atom is 0.340 e. The molecule has 2 heterocycles. The van der Waals surface area contributed by atoms with Gasteiger partial charge in [0.2, 0.25) is 0 Å². The van der Waals surface area contributed by atoms with Gasteiger partial charge in [0.05, 0.1) is 17.9 Å². The van der Waals surface area contributed by atoms with E-state index in [1.165, 1.54) is 0 Å². The van der Waals surface area contributed by atoms with Crippen LogP contribution in [-0.2, 0) is 11.3 Å². The van der Waals surface area contributed by atoms with Gasteiger partial charge in [-0.15, -0.1) is 0 Å². The molecule has 0 radical (unpaired) electrons. The second-order valence-corrected chi connectivity index (χ2v) is 5.08. The van der Waals surface area contributed by atoms with Crippen molar-refractivity contribution >= 4 is 5.97 Å². The number of para-hydroxylation sites is 1. The van der Waals surface area contributed by atoms with Crippen molar-refractivity contribution in [2.45, 2.75) is 27.4 Å². The van der Waals surface area contributed by atoms with Gasteiger partial charge in [-0.25, -0.2) is 4.79 Å². The maximum atomic E-state index is 12.3. The van der Waals surface area contributed by atoms with Crippen LogP contribution in [0.4, 0.5) is 0 Å². The van der Waals surface area contributed by atoms with Crippen LogP contribution in [0.1, 0.15) is 34.1 Å². The molecule has 21 heavy (non-hydrogen) atoms. The molecule has 3 rings (SSSR count). The molecule has 0 aliphatic carbocycles. The summed E-state index contributed by atoms with van der Waals surface area (Å²) in [6.07, 6.45) is 1.78. The maximum absolute atomic E-state index is 12.3. The molecule has 0 saturated heterocycles. The van der Waals surface area contributed by atoms with Gasteiger partial charge < -0.3 is 9.47 Å². The summed E-state index contributed by atoms with van der Waals surface area (Å²) in [7, 11) is 0. The Morgan fingerprint density at radius 3 is 2.95 bits per heavy atom. The highest BCUT2D eigenvalue weighted by Gasteiger charge is 2.27. The zero-order valence-corrected chi connectivity index (χ0v) is 12.4. The van der Waals surface area contributed by atoms with E-state index in [9.17, 15) is 4.79 Å². The molecule has 4 heteroatoms. The highest BCUT2D eigenvalue weighted by molar-refractivity contribution is 6.00. The number of carbonyl (C=O) groups excluding carboxylic acids is 1. The van der Waals surface area contributed by atoms with E-state index < -0.39 is 0 Å². The highest BCUT2D eigenvalue weighted by Crippen LogP contribution is 2.41. The fourth-order valence-electron chi connectivity index (χ4n) is 2.71. The van der Waals surface area contributed by atoms with Gasteiger partial charge in [0.1, 0.15) is 12.4 Å². The molecule has 0 saturated carbocycles. The highest BCUT2D eigenvalue weighted by atomic mass is 16.5. The smallest absolute Gasteiger partial charge is 0.340 e. The van der Waals surface area contributed by atoms with Crippen LogP contribution < -0.4 is 4.74 Å². The SMILES string of the molecule is CCOC(=O)c1c(C)ncc2c1-c1cccc(C)c1OC2. The van der Waals surface area contributed by atoms with Crippen molar-refractivity contribution in [3.63, 3.8) is 0 Å². The van der Waals surface area contributed by atoms with Crippen molar-refractivity contribution in [2.75, 3.05) is 6.61 Å². The third-order valence-electron chi connectivity index (χ3n) is 3.68. The first-order valence-electron chi connectivity index (χ1n) is 7.01. The Kier molecular flexibility index (Phi) is 3.37. The van der Waals surface area contributed by atoms with E-state index in [1.54, 1.807) is 13.1 Å². The van der Waals surface area contributed by atoms with Crippen LogP contribution in [0.2, 0.25) is 0 Å². The number of hydrogen-bond acceptors (Lipinski definition) is 4. The Bertz CT molecular complexity index is 722. The summed E-state index contributed by atoms with van der Waals surface area (Å²) in [4.78, 5) is 16.6. The summed E-state index contributed by atoms with van der Waals surface area (Å²) in [6.45, 7) is 6.41. The molecule has 1 aromatic carbocycles. The van der Waals surface area contributed by atoms with Crippen LogP contribution in [-0.4, -0.2) is 17.6 Å². The van der Waals surface area contributed by atoms with Crippen molar-refractivity contribution in [1.29, 1.82) is 0 Å².